The molecule has 0 spiro atoms. The van der Waals surface area contributed by atoms with Crippen LogP contribution in [-0.4, -0.2) is 11.5 Å². The van der Waals surface area contributed by atoms with Crippen molar-refractivity contribution in [1.82, 2.24) is 10.3 Å². The minimum absolute atomic E-state index is 0.630. The first-order valence-corrected chi connectivity index (χ1v) is 7.62. The fraction of sp³-hybridized carbons (Fsp3) is 0.400. The van der Waals surface area contributed by atoms with Crippen molar-refractivity contribution in [3.05, 3.63) is 40.4 Å². The van der Waals surface area contributed by atoms with Gasteiger partial charge in [-0.2, -0.15) is 0 Å². The molecule has 0 saturated carbocycles. The van der Waals surface area contributed by atoms with Gasteiger partial charge in [-0.15, -0.1) is 11.3 Å². The number of hydrogen-bond acceptors (Lipinski definition) is 3. The lowest BCUT2D eigenvalue weighted by Gasteiger charge is -2.01. The largest absolute Gasteiger partial charge is 0.312 e. The van der Waals surface area contributed by atoms with Crippen LogP contribution in [0.25, 0.3) is 10.6 Å². The van der Waals surface area contributed by atoms with Gasteiger partial charge in [-0.1, -0.05) is 13.8 Å². The van der Waals surface area contributed by atoms with Gasteiger partial charge in [0.05, 0.1) is 5.69 Å². The first-order chi connectivity index (χ1) is 9.65. The second-order valence-corrected chi connectivity index (χ2v) is 5.63. The fourth-order valence-electron chi connectivity index (χ4n) is 1.93. The van der Waals surface area contributed by atoms with Crippen molar-refractivity contribution in [3.63, 3.8) is 0 Å². The third-order valence-electron chi connectivity index (χ3n) is 2.99. The number of thiazole rings is 1. The molecule has 0 unspecified atom stereocenters. The molecular weight excluding hydrogens is 278 g/mol. The first-order valence-electron chi connectivity index (χ1n) is 6.80. The average Bonchev–Trinajstić information content (AvgIpc) is 2.85. The lowest BCUT2D eigenvalue weighted by atomic mass is 10.2. The standard InChI is InChI=1S/C15H18F2N2S/c1-3-7-18-9-14-13(4-2)19-15(20-14)10-5-6-11(16)12(17)8-10/h5-6,8,18H,3-4,7,9H2,1-2H3. The van der Waals surface area contributed by atoms with Crippen molar-refractivity contribution < 1.29 is 8.78 Å². The Hall–Kier alpha value is -1.33. The molecule has 0 amide bonds. The SMILES string of the molecule is CCCNCc1sc(-c2ccc(F)c(F)c2)nc1CC. The summed E-state index contributed by atoms with van der Waals surface area (Å²) >= 11 is 1.54. The van der Waals surface area contributed by atoms with Gasteiger partial charge in [0.25, 0.3) is 0 Å². The zero-order valence-electron chi connectivity index (χ0n) is 11.7. The molecule has 0 bridgehead atoms. The summed E-state index contributed by atoms with van der Waals surface area (Å²) in [6.07, 6.45) is 1.92. The van der Waals surface area contributed by atoms with Crippen molar-refractivity contribution in [2.45, 2.75) is 33.2 Å². The Morgan fingerprint density at radius 2 is 2.00 bits per heavy atom. The van der Waals surface area contributed by atoms with Crippen LogP contribution >= 0.6 is 11.3 Å². The molecule has 1 heterocycles. The van der Waals surface area contributed by atoms with E-state index in [1.165, 1.54) is 22.3 Å². The molecular formula is C15H18F2N2S. The first kappa shape index (κ1) is 15.1. The highest BCUT2D eigenvalue weighted by molar-refractivity contribution is 7.15. The zero-order valence-corrected chi connectivity index (χ0v) is 12.5. The molecule has 0 aliphatic carbocycles. The maximum absolute atomic E-state index is 13.3. The molecule has 20 heavy (non-hydrogen) atoms. The Bertz CT molecular complexity index is 581. The highest BCUT2D eigenvalue weighted by Gasteiger charge is 2.12. The second kappa shape index (κ2) is 6.90. The summed E-state index contributed by atoms with van der Waals surface area (Å²) in [5.41, 5.74) is 1.66. The van der Waals surface area contributed by atoms with Crippen LogP contribution < -0.4 is 5.32 Å². The molecule has 1 aromatic heterocycles. The highest BCUT2D eigenvalue weighted by atomic mass is 32.1. The van der Waals surface area contributed by atoms with Gasteiger partial charge < -0.3 is 5.32 Å². The van der Waals surface area contributed by atoms with Gasteiger partial charge >= 0.3 is 0 Å². The number of halogens is 2. The molecule has 1 aromatic carbocycles. The van der Waals surface area contributed by atoms with Crippen LogP contribution in [0, 0.1) is 11.6 Å². The quantitative estimate of drug-likeness (QED) is 0.810. The van der Waals surface area contributed by atoms with E-state index in [0.29, 0.717) is 5.56 Å². The lowest BCUT2D eigenvalue weighted by molar-refractivity contribution is 0.509. The number of aromatic nitrogens is 1. The molecule has 1 N–H and O–H groups in total. The Kier molecular flexibility index (Phi) is 5.20. The summed E-state index contributed by atoms with van der Waals surface area (Å²) in [5, 5.41) is 4.09. The van der Waals surface area contributed by atoms with E-state index >= 15 is 0 Å². The molecule has 0 radical (unpaired) electrons. The predicted octanol–water partition coefficient (Wildman–Crippen LogP) is 4.15. The molecule has 2 rings (SSSR count). The molecule has 0 fully saturated rings. The lowest BCUT2D eigenvalue weighted by Crippen LogP contribution is -2.13. The Morgan fingerprint density at radius 1 is 1.20 bits per heavy atom. The number of nitrogens with one attached hydrogen (secondary N) is 1. The van der Waals surface area contributed by atoms with Crippen LogP contribution in [0.5, 0.6) is 0 Å². The fourth-order valence-corrected chi connectivity index (χ4v) is 3.05. The maximum atomic E-state index is 13.3. The van der Waals surface area contributed by atoms with E-state index in [9.17, 15) is 8.78 Å². The topological polar surface area (TPSA) is 24.9 Å². The summed E-state index contributed by atoms with van der Waals surface area (Å²) in [7, 11) is 0. The monoisotopic (exact) mass is 296 g/mol. The van der Waals surface area contributed by atoms with Gasteiger partial charge in [-0.25, -0.2) is 13.8 Å². The van der Waals surface area contributed by atoms with E-state index in [1.54, 1.807) is 6.07 Å². The number of rotatable bonds is 6. The second-order valence-electron chi connectivity index (χ2n) is 4.55. The minimum Gasteiger partial charge on any atom is -0.312 e. The van der Waals surface area contributed by atoms with E-state index in [4.69, 9.17) is 0 Å². The van der Waals surface area contributed by atoms with E-state index in [2.05, 4.69) is 17.2 Å². The summed E-state index contributed by atoms with van der Waals surface area (Å²) < 4.78 is 26.3. The Morgan fingerprint density at radius 3 is 2.65 bits per heavy atom. The van der Waals surface area contributed by atoms with Crippen LogP contribution in [-0.2, 0) is 13.0 Å². The van der Waals surface area contributed by atoms with Crippen LogP contribution in [0.1, 0.15) is 30.8 Å². The van der Waals surface area contributed by atoms with Gasteiger partial charge in [0, 0.05) is 17.0 Å². The smallest absolute Gasteiger partial charge is 0.159 e. The summed E-state index contributed by atoms with van der Waals surface area (Å²) in [4.78, 5) is 5.71. The summed E-state index contributed by atoms with van der Waals surface area (Å²) in [6.45, 7) is 5.90. The van der Waals surface area contributed by atoms with Crippen LogP contribution in [0.4, 0.5) is 8.78 Å². The summed E-state index contributed by atoms with van der Waals surface area (Å²) in [6, 6.07) is 3.92. The molecule has 5 heteroatoms. The molecule has 2 nitrogen and oxygen atoms in total. The molecule has 0 saturated heterocycles. The average molecular weight is 296 g/mol. The van der Waals surface area contributed by atoms with Gasteiger partial charge in [0.1, 0.15) is 5.01 Å². The zero-order chi connectivity index (χ0) is 14.5. The van der Waals surface area contributed by atoms with E-state index < -0.39 is 11.6 Å². The molecule has 0 atom stereocenters. The van der Waals surface area contributed by atoms with E-state index in [1.807, 2.05) is 6.92 Å². The van der Waals surface area contributed by atoms with Gasteiger partial charge in [-0.3, -0.25) is 0 Å². The molecule has 0 aliphatic rings. The van der Waals surface area contributed by atoms with Gasteiger partial charge in [0.2, 0.25) is 0 Å². The third kappa shape index (κ3) is 3.41. The van der Waals surface area contributed by atoms with Crippen LogP contribution in [0.2, 0.25) is 0 Å². The number of aryl methyl sites for hydroxylation is 1. The van der Waals surface area contributed by atoms with Gasteiger partial charge in [-0.05, 0) is 37.6 Å². The summed E-state index contributed by atoms with van der Waals surface area (Å²) in [5.74, 6) is -1.66. The van der Waals surface area contributed by atoms with Crippen molar-refractivity contribution in [1.29, 1.82) is 0 Å². The van der Waals surface area contributed by atoms with Crippen molar-refractivity contribution in [2.75, 3.05) is 6.54 Å². The Balaban J connectivity index is 2.25. The normalized spacial score (nSPS) is 11.0. The minimum atomic E-state index is -0.832. The van der Waals surface area contributed by atoms with Gasteiger partial charge in [0.15, 0.2) is 11.6 Å². The van der Waals surface area contributed by atoms with E-state index in [-0.39, 0.29) is 0 Å². The number of benzene rings is 1. The highest BCUT2D eigenvalue weighted by Crippen LogP contribution is 2.29. The Labute approximate surface area is 121 Å². The van der Waals surface area contributed by atoms with Crippen LogP contribution in [0.15, 0.2) is 18.2 Å². The number of hydrogen-bond donors (Lipinski definition) is 1. The number of nitrogens with zero attached hydrogens (tertiary/aromatic N) is 1. The molecule has 108 valence electrons. The van der Waals surface area contributed by atoms with Crippen LogP contribution in [0.3, 0.4) is 0 Å². The molecule has 0 aliphatic heterocycles. The predicted molar refractivity (Wildman–Crippen MR) is 78.8 cm³/mol. The van der Waals surface area contributed by atoms with Crippen molar-refractivity contribution >= 4 is 11.3 Å². The molecule has 2 aromatic rings. The van der Waals surface area contributed by atoms with Crippen molar-refractivity contribution in [2.24, 2.45) is 0 Å². The van der Waals surface area contributed by atoms with E-state index in [0.717, 1.165) is 42.7 Å². The maximum Gasteiger partial charge on any atom is 0.159 e. The van der Waals surface area contributed by atoms with Crippen molar-refractivity contribution in [3.8, 4) is 10.6 Å². The third-order valence-corrected chi connectivity index (χ3v) is 4.14.